The summed E-state index contributed by atoms with van der Waals surface area (Å²) in [6.07, 6.45) is 1.58. The van der Waals surface area contributed by atoms with Gasteiger partial charge in [-0.1, -0.05) is 6.07 Å². The van der Waals surface area contributed by atoms with Crippen LogP contribution in [0, 0.1) is 0 Å². The lowest BCUT2D eigenvalue weighted by molar-refractivity contribution is -0.136. The highest BCUT2D eigenvalue weighted by Crippen LogP contribution is 2.38. The first-order chi connectivity index (χ1) is 16.1. The summed E-state index contributed by atoms with van der Waals surface area (Å²) >= 11 is 0. The summed E-state index contributed by atoms with van der Waals surface area (Å²) in [4.78, 5) is 50.5. The highest BCUT2D eigenvalue weighted by molar-refractivity contribution is 7.89. The fraction of sp³-hybridized carbons (Fsp3) is 0.545. The van der Waals surface area contributed by atoms with Gasteiger partial charge in [0.25, 0.3) is 11.8 Å². The number of rotatable bonds is 4. The van der Waals surface area contributed by atoms with E-state index in [1.165, 1.54) is 4.31 Å². The molecule has 11 nitrogen and oxygen atoms in total. The van der Waals surface area contributed by atoms with Gasteiger partial charge in [-0.15, -0.1) is 0 Å². The highest BCUT2D eigenvalue weighted by Gasteiger charge is 2.54. The first kappa shape index (κ1) is 23.1. The molecule has 12 heteroatoms. The number of hydrogen-bond acceptors (Lipinski definition) is 8. The maximum atomic E-state index is 13.0. The predicted molar refractivity (Wildman–Crippen MR) is 120 cm³/mol. The van der Waals surface area contributed by atoms with Crippen molar-refractivity contribution in [2.24, 2.45) is 0 Å². The molecule has 4 aliphatic rings. The van der Waals surface area contributed by atoms with Crippen LogP contribution in [0.5, 0.6) is 0 Å². The molecule has 4 aliphatic heterocycles. The summed E-state index contributed by atoms with van der Waals surface area (Å²) in [5.41, 5.74) is 0.675. The second-order valence-electron chi connectivity index (χ2n) is 9.36. The number of fused-ring (bicyclic) bond motifs is 1. The number of nitrogens with one attached hydrogen (secondary N) is 3. The van der Waals surface area contributed by atoms with Crippen LogP contribution in [0.2, 0.25) is 0 Å². The molecule has 0 saturated carbocycles. The Kier molecular flexibility index (Phi) is 5.58. The summed E-state index contributed by atoms with van der Waals surface area (Å²) in [5, 5.41) is 8.85. The lowest BCUT2D eigenvalue weighted by atomic mass is 9.82. The molecule has 3 N–H and O–H groups in total. The van der Waals surface area contributed by atoms with E-state index in [9.17, 15) is 27.6 Å². The molecular weight excluding hydrogens is 462 g/mol. The van der Waals surface area contributed by atoms with Crippen LogP contribution in [0.15, 0.2) is 18.2 Å². The van der Waals surface area contributed by atoms with E-state index in [1.54, 1.807) is 25.2 Å². The Morgan fingerprint density at radius 2 is 1.79 bits per heavy atom. The number of sulfonamides is 1. The largest absolute Gasteiger partial charge is 0.317 e. The van der Waals surface area contributed by atoms with E-state index >= 15 is 0 Å². The maximum absolute atomic E-state index is 13.0. The first-order valence-corrected chi connectivity index (χ1v) is 13.0. The fourth-order valence-electron chi connectivity index (χ4n) is 5.62. The second-order valence-corrected chi connectivity index (χ2v) is 11.4. The van der Waals surface area contributed by atoms with Gasteiger partial charge in [0.15, 0.2) is 0 Å². The molecule has 3 fully saturated rings. The van der Waals surface area contributed by atoms with E-state index in [4.69, 9.17) is 0 Å². The Balaban J connectivity index is 1.34. The zero-order valence-corrected chi connectivity index (χ0v) is 19.6. The molecular formula is C22H27N5O6S. The van der Waals surface area contributed by atoms with Gasteiger partial charge in [-0.2, -0.15) is 4.31 Å². The smallest absolute Gasteiger partial charge is 0.262 e. The van der Waals surface area contributed by atoms with Gasteiger partial charge in [-0.05, 0) is 50.0 Å². The number of piperidine rings is 2. The van der Waals surface area contributed by atoms with Gasteiger partial charge in [0.2, 0.25) is 21.8 Å². The van der Waals surface area contributed by atoms with Crippen LogP contribution in [-0.2, 0) is 26.2 Å². The van der Waals surface area contributed by atoms with Crippen molar-refractivity contribution in [1.29, 1.82) is 0 Å². The Bertz CT molecular complexity index is 1190. The van der Waals surface area contributed by atoms with Crippen molar-refractivity contribution in [2.45, 2.75) is 49.9 Å². The summed E-state index contributed by atoms with van der Waals surface area (Å²) in [5.74, 6) is -2.17. The van der Waals surface area contributed by atoms with Gasteiger partial charge in [-0.25, -0.2) is 8.42 Å². The molecule has 182 valence electrons. The topological polar surface area (TPSA) is 145 Å². The van der Waals surface area contributed by atoms with Crippen molar-refractivity contribution in [3.8, 4) is 0 Å². The number of imide groups is 2. The van der Waals surface area contributed by atoms with Crippen LogP contribution in [0.3, 0.4) is 0 Å². The Morgan fingerprint density at radius 3 is 2.50 bits per heavy atom. The third kappa shape index (κ3) is 3.56. The number of benzene rings is 1. The SMILES string of the molecule is CN1C2(CCNCC2)C(NCc2ccc3c(c2)C(=O)N(C2CCC(=O)NC2=O)C3=O)CS1(=O)=O. The molecule has 1 spiro atoms. The molecule has 1 aromatic carbocycles. The standard InChI is InChI=1S/C22H27N5O6S/c1-26-22(6-8-23-9-7-22)17(12-34(26,32)33)24-11-13-2-3-14-15(10-13)21(31)27(20(14)30)16-4-5-18(28)25-19(16)29/h2-3,10,16-17,23-24H,4-9,11-12H2,1H3,(H,25,28,29). The number of amides is 4. The number of likely N-dealkylation sites (N-methyl/N-ethyl adjacent to an activating group) is 1. The van der Waals surface area contributed by atoms with Crippen molar-refractivity contribution in [3.63, 3.8) is 0 Å². The minimum atomic E-state index is -3.37. The predicted octanol–water partition coefficient (Wildman–Crippen LogP) is -1.06. The van der Waals surface area contributed by atoms with Crippen molar-refractivity contribution in [2.75, 3.05) is 25.9 Å². The minimum Gasteiger partial charge on any atom is -0.317 e. The normalized spacial score (nSPS) is 28.4. The van der Waals surface area contributed by atoms with E-state index in [2.05, 4.69) is 16.0 Å². The molecule has 3 saturated heterocycles. The Hall–Kier alpha value is -2.67. The van der Waals surface area contributed by atoms with Crippen LogP contribution in [0.25, 0.3) is 0 Å². The summed E-state index contributed by atoms with van der Waals surface area (Å²) in [6.45, 7) is 1.81. The fourth-order valence-corrected chi connectivity index (χ4v) is 7.55. The van der Waals surface area contributed by atoms with Crippen molar-refractivity contribution in [1.82, 2.24) is 25.2 Å². The van der Waals surface area contributed by atoms with Crippen LogP contribution < -0.4 is 16.0 Å². The molecule has 0 aromatic heterocycles. The van der Waals surface area contributed by atoms with Gasteiger partial charge in [0, 0.05) is 26.1 Å². The van der Waals surface area contributed by atoms with E-state index in [0.717, 1.165) is 23.6 Å². The number of carbonyl (C=O) groups is 4. The molecule has 2 unspecified atom stereocenters. The number of carbonyl (C=O) groups excluding carboxylic acids is 4. The van der Waals surface area contributed by atoms with Crippen LogP contribution >= 0.6 is 0 Å². The molecule has 4 amide bonds. The van der Waals surface area contributed by atoms with Crippen molar-refractivity contribution < 1.29 is 27.6 Å². The quantitative estimate of drug-likeness (QED) is 0.454. The second kappa shape index (κ2) is 8.22. The number of hydrogen-bond donors (Lipinski definition) is 3. The maximum Gasteiger partial charge on any atom is 0.262 e. The number of nitrogens with zero attached hydrogens (tertiary/aromatic N) is 2. The van der Waals surface area contributed by atoms with Crippen LogP contribution in [-0.4, -0.2) is 84.8 Å². The average Bonchev–Trinajstić information content (AvgIpc) is 3.15. The van der Waals surface area contributed by atoms with Crippen LogP contribution in [0.4, 0.5) is 0 Å². The minimum absolute atomic E-state index is 0.00907. The van der Waals surface area contributed by atoms with Gasteiger partial charge >= 0.3 is 0 Å². The van der Waals surface area contributed by atoms with E-state index in [0.29, 0.717) is 19.4 Å². The highest BCUT2D eigenvalue weighted by atomic mass is 32.2. The van der Waals surface area contributed by atoms with Crippen molar-refractivity contribution in [3.05, 3.63) is 34.9 Å². The summed E-state index contributed by atoms with van der Waals surface area (Å²) < 4.78 is 26.8. The van der Waals surface area contributed by atoms with E-state index < -0.39 is 45.2 Å². The van der Waals surface area contributed by atoms with Gasteiger partial charge in [0.1, 0.15) is 6.04 Å². The summed E-state index contributed by atoms with van der Waals surface area (Å²) in [6, 6.07) is 3.64. The molecule has 0 aliphatic carbocycles. The van der Waals surface area contributed by atoms with E-state index in [-0.39, 0.29) is 35.8 Å². The Morgan fingerprint density at radius 1 is 1.09 bits per heavy atom. The zero-order chi connectivity index (χ0) is 24.3. The van der Waals surface area contributed by atoms with Gasteiger partial charge < -0.3 is 10.6 Å². The van der Waals surface area contributed by atoms with Crippen molar-refractivity contribution >= 4 is 33.7 Å². The monoisotopic (exact) mass is 489 g/mol. The summed E-state index contributed by atoms with van der Waals surface area (Å²) in [7, 11) is -1.72. The third-order valence-electron chi connectivity index (χ3n) is 7.60. The first-order valence-electron chi connectivity index (χ1n) is 11.4. The molecule has 0 radical (unpaired) electrons. The van der Waals surface area contributed by atoms with Gasteiger partial charge in [-0.3, -0.25) is 29.4 Å². The lowest BCUT2D eigenvalue weighted by Gasteiger charge is -2.42. The lowest BCUT2D eigenvalue weighted by Crippen LogP contribution is -2.59. The molecule has 5 rings (SSSR count). The molecule has 0 bridgehead atoms. The van der Waals surface area contributed by atoms with Crippen LogP contribution in [0.1, 0.15) is 52.0 Å². The molecule has 4 heterocycles. The molecule has 1 aromatic rings. The van der Waals surface area contributed by atoms with E-state index in [1.807, 2.05) is 0 Å². The van der Waals surface area contributed by atoms with Gasteiger partial charge in [0.05, 0.1) is 22.4 Å². The third-order valence-corrected chi connectivity index (χ3v) is 9.55. The molecule has 34 heavy (non-hydrogen) atoms. The Labute approximate surface area is 197 Å². The zero-order valence-electron chi connectivity index (χ0n) is 18.8. The average molecular weight is 490 g/mol. The molecule has 2 atom stereocenters.